The van der Waals surface area contributed by atoms with Crippen molar-refractivity contribution in [1.82, 2.24) is 14.6 Å². The van der Waals surface area contributed by atoms with Crippen LogP contribution in [0.2, 0.25) is 0 Å². The van der Waals surface area contributed by atoms with Crippen LogP contribution >= 0.6 is 11.3 Å². The van der Waals surface area contributed by atoms with Crippen LogP contribution in [0.3, 0.4) is 0 Å². The minimum atomic E-state index is -0.245. The van der Waals surface area contributed by atoms with Crippen molar-refractivity contribution in [2.24, 2.45) is 0 Å². The van der Waals surface area contributed by atoms with Gasteiger partial charge in [-0.2, -0.15) is 4.98 Å². The first-order valence-electron chi connectivity index (χ1n) is 6.36. The second kappa shape index (κ2) is 5.17. The van der Waals surface area contributed by atoms with Crippen LogP contribution in [0.15, 0.2) is 24.3 Å². The van der Waals surface area contributed by atoms with E-state index in [4.69, 9.17) is 4.74 Å². The van der Waals surface area contributed by atoms with Gasteiger partial charge in [0.05, 0.1) is 12.8 Å². The number of carbonyl (C=O) groups is 1. The van der Waals surface area contributed by atoms with Gasteiger partial charge in [-0.15, -0.1) is 5.10 Å². The molecule has 0 saturated carbocycles. The molecule has 6 nitrogen and oxygen atoms in total. The lowest BCUT2D eigenvalue weighted by Crippen LogP contribution is -2.13. The summed E-state index contributed by atoms with van der Waals surface area (Å²) in [4.78, 5) is 18.4. The Hall–Kier alpha value is -2.41. The lowest BCUT2D eigenvalue weighted by atomic mass is 10.2. The van der Waals surface area contributed by atoms with E-state index >= 15 is 0 Å². The zero-order valence-electron chi connectivity index (χ0n) is 11.9. The fourth-order valence-electron chi connectivity index (χ4n) is 1.91. The Morgan fingerprint density at radius 1 is 1.29 bits per heavy atom. The van der Waals surface area contributed by atoms with Crippen LogP contribution in [0.5, 0.6) is 5.75 Å². The number of aryl methyl sites for hydroxylation is 2. The van der Waals surface area contributed by atoms with E-state index in [1.165, 1.54) is 0 Å². The van der Waals surface area contributed by atoms with E-state index in [0.29, 0.717) is 17.3 Å². The van der Waals surface area contributed by atoms with Gasteiger partial charge in [0.2, 0.25) is 4.96 Å². The molecule has 0 fully saturated rings. The molecule has 2 aromatic heterocycles. The van der Waals surface area contributed by atoms with Crippen LogP contribution in [-0.2, 0) is 0 Å². The number of anilines is 1. The minimum absolute atomic E-state index is 0.245. The fourth-order valence-corrected chi connectivity index (χ4v) is 2.82. The second-order valence-corrected chi connectivity index (χ2v) is 5.74. The highest BCUT2D eigenvalue weighted by Gasteiger charge is 2.13. The third-order valence-corrected chi connectivity index (χ3v) is 4.27. The zero-order valence-corrected chi connectivity index (χ0v) is 12.7. The van der Waals surface area contributed by atoms with E-state index in [1.54, 1.807) is 47.2 Å². The van der Waals surface area contributed by atoms with Gasteiger partial charge in [0.25, 0.3) is 11.9 Å². The van der Waals surface area contributed by atoms with E-state index in [0.717, 1.165) is 15.5 Å². The van der Waals surface area contributed by atoms with E-state index in [2.05, 4.69) is 15.4 Å². The first-order valence-corrected chi connectivity index (χ1v) is 7.18. The predicted molar refractivity (Wildman–Crippen MR) is 81.3 cm³/mol. The SMILES string of the molecule is COc1ccc(C(=O)Nc2nc3sc(C)c(C)n3n2)cc1. The zero-order chi connectivity index (χ0) is 15.0. The molecule has 2 heterocycles. The highest BCUT2D eigenvalue weighted by molar-refractivity contribution is 7.17. The van der Waals surface area contributed by atoms with Crippen LogP contribution in [0.4, 0.5) is 5.95 Å². The molecule has 0 bridgehead atoms. The number of nitrogens with zero attached hydrogens (tertiary/aromatic N) is 3. The van der Waals surface area contributed by atoms with E-state index in [1.807, 2.05) is 13.8 Å². The number of benzene rings is 1. The highest BCUT2D eigenvalue weighted by Crippen LogP contribution is 2.21. The summed E-state index contributed by atoms with van der Waals surface area (Å²) in [6.07, 6.45) is 0. The smallest absolute Gasteiger partial charge is 0.258 e. The molecule has 0 aliphatic rings. The number of ether oxygens (including phenoxy) is 1. The molecule has 0 atom stereocenters. The van der Waals surface area contributed by atoms with Gasteiger partial charge in [0.1, 0.15) is 5.75 Å². The Morgan fingerprint density at radius 2 is 2.00 bits per heavy atom. The first-order chi connectivity index (χ1) is 10.1. The number of amides is 1. The first kappa shape index (κ1) is 13.6. The van der Waals surface area contributed by atoms with Crippen molar-refractivity contribution in [3.05, 3.63) is 40.4 Å². The van der Waals surface area contributed by atoms with Gasteiger partial charge in [-0.25, -0.2) is 4.52 Å². The molecule has 3 rings (SSSR count). The van der Waals surface area contributed by atoms with E-state index in [9.17, 15) is 4.79 Å². The number of carbonyl (C=O) groups excluding carboxylic acids is 1. The molecule has 0 spiro atoms. The number of aromatic nitrogens is 3. The van der Waals surface area contributed by atoms with Gasteiger partial charge >= 0.3 is 0 Å². The lowest BCUT2D eigenvalue weighted by Gasteiger charge is -2.02. The molecule has 0 unspecified atom stereocenters. The molecule has 21 heavy (non-hydrogen) atoms. The molecule has 1 aromatic carbocycles. The molecule has 1 N–H and O–H groups in total. The standard InChI is InChI=1S/C14H14N4O2S/c1-8-9(2)21-14-16-13(17-18(8)14)15-12(19)10-4-6-11(20-3)7-5-10/h4-7H,1-3H3,(H,15,17,19). The van der Waals surface area contributed by atoms with Crippen LogP contribution < -0.4 is 10.1 Å². The topological polar surface area (TPSA) is 68.5 Å². The molecule has 7 heteroatoms. The number of rotatable bonds is 3. The summed E-state index contributed by atoms with van der Waals surface area (Å²) in [5.74, 6) is 0.772. The molecule has 0 saturated heterocycles. The minimum Gasteiger partial charge on any atom is -0.497 e. The van der Waals surface area contributed by atoms with Crippen molar-refractivity contribution in [2.45, 2.75) is 13.8 Å². The van der Waals surface area contributed by atoms with Crippen molar-refractivity contribution < 1.29 is 9.53 Å². The summed E-state index contributed by atoms with van der Waals surface area (Å²) in [6.45, 7) is 3.99. The third kappa shape index (κ3) is 2.47. The van der Waals surface area contributed by atoms with Crippen LogP contribution in [0, 0.1) is 13.8 Å². The van der Waals surface area contributed by atoms with Gasteiger partial charge in [0.15, 0.2) is 0 Å². The maximum atomic E-state index is 12.1. The summed E-state index contributed by atoms with van der Waals surface area (Å²) in [5.41, 5.74) is 1.56. The molecular formula is C14H14N4O2S. The Bertz CT molecular complexity index is 804. The molecule has 3 aromatic rings. The maximum Gasteiger partial charge on any atom is 0.258 e. The number of fused-ring (bicyclic) bond motifs is 1. The van der Waals surface area contributed by atoms with E-state index in [-0.39, 0.29) is 5.91 Å². The maximum absolute atomic E-state index is 12.1. The van der Waals surface area contributed by atoms with Crippen LogP contribution in [0.25, 0.3) is 4.96 Å². The number of hydrogen-bond donors (Lipinski definition) is 1. The Balaban J connectivity index is 1.81. The average molecular weight is 302 g/mol. The Labute approximate surface area is 125 Å². The van der Waals surface area contributed by atoms with Gasteiger partial charge in [-0.3, -0.25) is 10.1 Å². The summed E-state index contributed by atoms with van der Waals surface area (Å²) < 4.78 is 6.80. The Kier molecular flexibility index (Phi) is 3.34. The summed E-state index contributed by atoms with van der Waals surface area (Å²) >= 11 is 1.55. The highest BCUT2D eigenvalue weighted by atomic mass is 32.1. The average Bonchev–Trinajstić information content (AvgIpc) is 2.99. The number of thiazole rings is 1. The molecule has 1 amide bonds. The molecule has 0 aliphatic carbocycles. The molecule has 108 valence electrons. The quantitative estimate of drug-likeness (QED) is 0.807. The van der Waals surface area contributed by atoms with Crippen molar-refractivity contribution in [2.75, 3.05) is 12.4 Å². The van der Waals surface area contributed by atoms with Crippen molar-refractivity contribution in [3.63, 3.8) is 0 Å². The van der Waals surface area contributed by atoms with Gasteiger partial charge in [-0.1, -0.05) is 11.3 Å². The largest absolute Gasteiger partial charge is 0.497 e. The number of nitrogens with one attached hydrogen (secondary N) is 1. The molecule has 0 radical (unpaired) electrons. The predicted octanol–water partition coefficient (Wildman–Crippen LogP) is 2.67. The van der Waals surface area contributed by atoms with Crippen molar-refractivity contribution in [1.29, 1.82) is 0 Å². The Morgan fingerprint density at radius 3 is 2.62 bits per heavy atom. The summed E-state index contributed by atoms with van der Waals surface area (Å²) in [5, 5.41) is 6.99. The third-order valence-electron chi connectivity index (χ3n) is 3.23. The van der Waals surface area contributed by atoms with Crippen LogP contribution in [-0.4, -0.2) is 27.6 Å². The molecule has 0 aliphatic heterocycles. The van der Waals surface area contributed by atoms with Gasteiger partial charge < -0.3 is 4.74 Å². The van der Waals surface area contributed by atoms with Crippen LogP contribution in [0.1, 0.15) is 20.9 Å². The monoisotopic (exact) mass is 302 g/mol. The van der Waals surface area contributed by atoms with Gasteiger partial charge in [0, 0.05) is 10.4 Å². The number of hydrogen-bond acceptors (Lipinski definition) is 5. The van der Waals surface area contributed by atoms with E-state index < -0.39 is 0 Å². The van der Waals surface area contributed by atoms with Crippen molar-refractivity contribution in [3.8, 4) is 5.75 Å². The van der Waals surface area contributed by atoms with Gasteiger partial charge in [-0.05, 0) is 38.1 Å². The summed E-state index contributed by atoms with van der Waals surface area (Å²) in [7, 11) is 1.58. The fraction of sp³-hybridized carbons (Fsp3) is 0.214. The normalized spacial score (nSPS) is 10.8. The van der Waals surface area contributed by atoms with Crippen molar-refractivity contribution >= 4 is 28.2 Å². The lowest BCUT2D eigenvalue weighted by molar-refractivity contribution is 0.102. The molecular weight excluding hydrogens is 288 g/mol. The summed E-state index contributed by atoms with van der Waals surface area (Å²) in [6, 6.07) is 6.87. The second-order valence-electron chi connectivity index (χ2n) is 4.56. The number of methoxy groups -OCH3 is 1.